The highest BCUT2D eigenvalue weighted by atomic mass is 79.9. The molecule has 1 rings (SSSR count). The fourth-order valence-corrected chi connectivity index (χ4v) is 5.08. The number of rotatable bonds is 7. The number of benzene rings is 1. The average molecular weight is 595 g/mol. The molecule has 1 aromatic rings. The Kier molecular flexibility index (Phi) is 8.86. The van der Waals surface area contributed by atoms with Crippen molar-refractivity contribution in [2.24, 2.45) is 0 Å². The van der Waals surface area contributed by atoms with Gasteiger partial charge in [-0.05, 0) is 54.2 Å². The van der Waals surface area contributed by atoms with E-state index in [1.165, 1.54) is 13.8 Å². The topological polar surface area (TPSA) is 139 Å². The van der Waals surface area contributed by atoms with Crippen molar-refractivity contribution < 1.29 is 32.1 Å². The molecule has 3 N–H and O–H groups in total. The molecule has 0 aromatic heterocycles. The number of esters is 1. The standard InChI is InChI=1S/C14H15Br3N2O7S/c1-6(20)18-12-9(15)8(10(16)13(11(12)17)19-7(2)21)14(22)26-4-3-5-27(23,24)25/h3-5H2,1-2H3,(H,18,20)(H,19,21)(H,23,24,25). The Morgan fingerprint density at radius 2 is 1.41 bits per heavy atom. The molecule has 9 nitrogen and oxygen atoms in total. The summed E-state index contributed by atoms with van der Waals surface area (Å²) < 4.78 is 35.8. The van der Waals surface area contributed by atoms with Crippen molar-refractivity contribution in [2.75, 3.05) is 23.0 Å². The van der Waals surface area contributed by atoms with Crippen LogP contribution in [0.4, 0.5) is 11.4 Å². The zero-order valence-corrected chi connectivity index (χ0v) is 19.6. The summed E-state index contributed by atoms with van der Waals surface area (Å²) in [6.07, 6.45) is -0.104. The highest BCUT2D eigenvalue weighted by Crippen LogP contribution is 2.45. The van der Waals surface area contributed by atoms with E-state index in [1.54, 1.807) is 0 Å². The van der Waals surface area contributed by atoms with E-state index in [0.29, 0.717) is 4.47 Å². The number of anilines is 2. The lowest BCUT2D eigenvalue weighted by atomic mass is 10.1. The average Bonchev–Trinajstić information content (AvgIpc) is 2.51. The summed E-state index contributed by atoms with van der Waals surface area (Å²) in [5.74, 6) is -2.23. The van der Waals surface area contributed by atoms with Crippen molar-refractivity contribution in [2.45, 2.75) is 20.3 Å². The lowest BCUT2D eigenvalue weighted by Gasteiger charge is -2.19. The molecule has 13 heteroatoms. The Labute approximate surface area is 180 Å². The first-order valence-corrected chi connectivity index (χ1v) is 11.2. The lowest BCUT2D eigenvalue weighted by Crippen LogP contribution is -2.16. The fourth-order valence-electron chi connectivity index (χ4n) is 1.89. The summed E-state index contributed by atoms with van der Waals surface area (Å²) in [4.78, 5) is 35.4. The molecule has 0 aliphatic carbocycles. The molecule has 0 spiro atoms. The van der Waals surface area contributed by atoms with Crippen molar-refractivity contribution in [1.82, 2.24) is 0 Å². The van der Waals surface area contributed by atoms with Crippen LogP contribution in [0.2, 0.25) is 0 Å². The third-order valence-corrected chi connectivity index (χ3v) is 6.09. The summed E-state index contributed by atoms with van der Waals surface area (Å²) in [5.41, 5.74) is 0.358. The van der Waals surface area contributed by atoms with Crippen molar-refractivity contribution >= 4 is 87.1 Å². The van der Waals surface area contributed by atoms with E-state index in [1.807, 2.05) is 0 Å². The number of carbonyl (C=O) groups is 3. The van der Waals surface area contributed by atoms with Crippen LogP contribution < -0.4 is 10.6 Å². The van der Waals surface area contributed by atoms with E-state index in [0.717, 1.165) is 0 Å². The molecule has 0 unspecified atom stereocenters. The number of amides is 2. The second-order valence-electron chi connectivity index (χ2n) is 5.20. The molecule has 0 saturated carbocycles. The molecule has 0 fully saturated rings. The summed E-state index contributed by atoms with van der Waals surface area (Å²) in [5, 5.41) is 5.08. The molecular formula is C14H15Br3N2O7S. The van der Waals surface area contributed by atoms with E-state index < -0.39 is 33.7 Å². The molecule has 0 bridgehead atoms. The minimum atomic E-state index is -4.16. The molecule has 0 aliphatic rings. The largest absolute Gasteiger partial charge is 0.462 e. The normalized spacial score (nSPS) is 11.0. The molecule has 0 radical (unpaired) electrons. The molecule has 150 valence electrons. The monoisotopic (exact) mass is 592 g/mol. The van der Waals surface area contributed by atoms with Gasteiger partial charge in [-0.15, -0.1) is 0 Å². The first kappa shape index (κ1) is 24.0. The highest BCUT2D eigenvalue weighted by Gasteiger charge is 2.26. The predicted molar refractivity (Wildman–Crippen MR) is 109 cm³/mol. The van der Waals surface area contributed by atoms with Crippen molar-refractivity contribution in [3.8, 4) is 0 Å². The van der Waals surface area contributed by atoms with Crippen LogP contribution in [0.1, 0.15) is 30.6 Å². The Hall–Kier alpha value is -1.02. The van der Waals surface area contributed by atoms with Gasteiger partial charge in [0, 0.05) is 13.8 Å². The van der Waals surface area contributed by atoms with Gasteiger partial charge < -0.3 is 15.4 Å². The maximum absolute atomic E-state index is 12.5. The van der Waals surface area contributed by atoms with Crippen LogP contribution >= 0.6 is 47.8 Å². The Morgan fingerprint density at radius 1 is 0.963 bits per heavy atom. The number of nitrogens with one attached hydrogen (secondary N) is 2. The smallest absolute Gasteiger partial charge is 0.340 e. The van der Waals surface area contributed by atoms with E-state index >= 15 is 0 Å². The summed E-state index contributed by atoms with van der Waals surface area (Å²) in [6, 6.07) is 0. The van der Waals surface area contributed by atoms with Crippen molar-refractivity contribution in [1.29, 1.82) is 0 Å². The van der Waals surface area contributed by atoms with Gasteiger partial charge in [-0.1, -0.05) is 0 Å². The number of halogens is 3. The highest BCUT2D eigenvalue weighted by molar-refractivity contribution is 9.12. The first-order valence-electron chi connectivity index (χ1n) is 7.23. The third-order valence-electron chi connectivity index (χ3n) is 2.90. The van der Waals surface area contributed by atoms with Crippen molar-refractivity contribution in [3.05, 3.63) is 19.0 Å². The van der Waals surface area contributed by atoms with E-state index in [-0.39, 0.29) is 38.9 Å². The molecule has 0 atom stereocenters. The molecule has 0 saturated heterocycles. The van der Waals surface area contributed by atoms with Crippen LogP contribution in [0.25, 0.3) is 0 Å². The number of hydrogen-bond acceptors (Lipinski definition) is 6. The van der Waals surface area contributed by atoms with E-state index in [9.17, 15) is 22.8 Å². The quantitative estimate of drug-likeness (QED) is 0.250. The maximum atomic E-state index is 12.5. The van der Waals surface area contributed by atoms with Crippen LogP contribution in [0.3, 0.4) is 0 Å². The van der Waals surface area contributed by atoms with Crippen LogP contribution in [0, 0.1) is 0 Å². The molecule has 0 aliphatic heterocycles. The van der Waals surface area contributed by atoms with Gasteiger partial charge in [-0.3, -0.25) is 14.1 Å². The van der Waals surface area contributed by atoms with Crippen LogP contribution in [-0.4, -0.2) is 43.1 Å². The van der Waals surface area contributed by atoms with Crippen LogP contribution in [-0.2, 0) is 24.4 Å². The fraction of sp³-hybridized carbons (Fsp3) is 0.357. The minimum Gasteiger partial charge on any atom is -0.462 e. The zero-order valence-electron chi connectivity index (χ0n) is 14.1. The van der Waals surface area contributed by atoms with Crippen molar-refractivity contribution in [3.63, 3.8) is 0 Å². The second kappa shape index (κ2) is 9.96. The first-order chi connectivity index (χ1) is 12.3. The third kappa shape index (κ3) is 7.14. The van der Waals surface area contributed by atoms with Gasteiger partial charge in [-0.25, -0.2) is 4.79 Å². The number of hydrogen-bond donors (Lipinski definition) is 3. The summed E-state index contributed by atoms with van der Waals surface area (Å²) in [7, 11) is -4.16. The summed E-state index contributed by atoms with van der Waals surface area (Å²) >= 11 is 9.73. The minimum absolute atomic E-state index is 0.0300. The molecule has 1 aromatic carbocycles. The molecule has 2 amide bonds. The molecule has 27 heavy (non-hydrogen) atoms. The van der Waals surface area contributed by atoms with Crippen LogP contribution in [0.15, 0.2) is 13.4 Å². The number of carbonyl (C=O) groups excluding carboxylic acids is 3. The van der Waals surface area contributed by atoms with Gasteiger partial charge in [-0.2, -0.15) is 8.42 Å². The van der Waals surface area contributed by atoms with Crippen LogP contribution in [0.5, 0.6) is 0 Å². The van der Waals surface area contributed by atoms with E-state index in [2.05, 4.69) is 58.4 Å². The molecular weight excluding hydrogens is 580 g/mol. The summed E-state index contributed by atoms with van der Waals surface area (Å²) in [6.45, 7) is 2.27. The lowest BCUT2D eigenvalue weighted by molar-refractivity contribution is -0.115. The van der Waals surface area contributed by atoms with Gasteiger partial charge >= 0.3 is 5.97 Å². The zero-order chi connectivity index (χ0) is 20.9. The Balaban J connectivity index is 3.28. The Morgan fingerprint density at radius 3 is 1.78 bits per heavy atom. The number of ether oxygens (including phenoxy) is 1. The van der Waals surface area contributed by atoms with Gasteiger partial charge in [0.15, 0.2) is 0 Å². The van der Waals surface area contributed by atoms with Gasteiger partial charge in [0.1, 0.15) is 0 Å². The maximum Gasteiger partial charge on any atom is 0.340 e. The van der Waals surface area contributed by atoms with Gasteiger partial charge in [0.05, 0.1) is 42.7 Å². The second-order valence-corrected chi connectivity index (χ2v) is 9.16. The van der Waals surface area contributed by atoms with E-state index in [4.69, 9.17) is 9.29 Å². The SMILES string of the molecule is CC(=O)Nc1c(Br)c(NC(C)=O)c(Br)c(C(=O)OCCCS(=O)(=O)O)c1Br. The predicted octanol–water partition coefficient (Wildman–Crippen LogP) is 3.33. The van der Waals surface area contributed by atoms with Gasteiger partial charge in [0.2, 0.25) is 11.8 Å². The molecule has 0 heterocycles. The Bertz CT molecular complexity index is 844. The van der Waals surface area contributed by atoms with Gasteiger partial charge in [0.25, 0.3) is 10.1 Å².